The van der Waals surface area contributed by atoms with Crippen LogP contribution in [0.4, 0.5) is 5.69 Å². The molecule has 1 saturated carbocycles. The first-order valence-electron chi connectivity index (χ1n) is 11.0. The van der Waals surface area contributed by atoms with E-state index in [0.717, 1.165) is 62.1 Å². The highest BCUT2D eigenvalue weighted by Gasteiger charge is 2.36. The Bertz CT molecular complexity index is 881. The lowest BCUT2D eigenvalue weighted by molar-refractivity contribution is -0.124. The molecule has 6 heteroatoms. The standard InChI is InChI=1S/C24H30N2O3S/c1-16-7-9-18(10-8-16)23(27)26(19-11-13-25-14-12-19)20-15-21(30-22(20)24(28)29)17-5-3-2-4-6-17/h2-6,15-16,18-19,25H,7-14H2,1H3,(H,28,29). The predicted molar refractivity (Wildman–Crippen MR) is 121 cm³/mol. The van der Waals surface area contributed by atoms with E-state index in [2.05, 4.69) is 12.2 Å². The summed E-state index contributed by atoms with van der Waals surface area (Å²) in [5.41, 5.74) is 1.57. The van der Waals surface area contributed by atoms with Crippen LogP contribution in [0.15, 0.2) is 36.4 Å². The Morgan fingerprint density at radius 2 is 1.70 bits per heavy atom. The second-order valence-corrected chi connectivity index (χ2v) is 9.69. The molecule has 0 radical (unpaired) electrons. The fourth-order valence-electron chi connectivity index (χ4n) is 4.72. The van der Waals surface area contributed by atoms with Crippen LogP contribution in [-0.4, -0.2) is 36.1 Å². The number of carboxylic acids is 1. The molecule has 2 aromatic rings. The SMILES string of the molecule is CC1CCC(C(=O)N(c2cc(-c3ccccc3)sc2C(=O)O)C2CCNCC2)CC1. The maximum absolute atomic E-state index is 13.7. The van der Waals surface area contributed by atoms with Crippen molar-refractivity contribution in [3.8, 4) is 10.4 Å². The zero-order valence-electron chi connectivity index (χ0n) is 17.5. The first-order chi connectivity index (χ1) is 14.5. The van der Waals surface area contributed by atoms with Crippen molar-refractivity contribution in [1.29, 1.82) is 0 Å². The van der Waals surface area contributed by atoms with E-state index in [9.17, 15) is 14.7 Å². The number of nitrogens with zero attached hydrogens (tertiary/aromatic N) is 1. The minimum atomic E-state index is -0.957. The van der Waals surface area contributed by atoms with Crippen molar-refractivity contribution in [2.45, 2.75) is 51.5 Å². The second-order valence-electron chi connectivity index (χ2n) is 8.64. The molecule has 0 unspecified atom stereocenters. The summed E-state index contributed by atoms with van der Waals surface area (Å²) in [6.45, 7) is 3.96. The molecule has 1 aliphatic carbocycles. The monoisotopic (exact) mass is 426 g/mol. The van der Waals surface area contributed by atoms with Crippen molar-refractivity contribution < 1.29 is 14.7 Å². The van der Waals surface area contributed by atoms with E-state index < -0.39 is 5.97 Å². The number of rotatable bonds is 5. The lowest BCUT2D eigenvalue weighted by Crippen LogP contribution is -2.49. The lowest BCUT2D eigenvalue weighted by Gasteiger charge is -2.38. The van der Waals surface area contributed by atoms with Crippen LogP contribution in [0.5, 0.6) is 0 Å². The van der Waals surface area contributed by atoms with Crippen molar-refractivity contribution in [3.05, 3.63) is 41.3 Å². The molecule has 1 aromatic carbocycles. The van der Waals surface area contributed by atoms with Crippen molar-refractivity contribution in [1.82, 2.24) is 5.32 Å². The summed E-state index contributed by atoms with van der Waals surface area (Å²) >= 11 is 1.27. The van der Waals surface area contributed by atoms with Crippen LogP contribution in [0.3, 0.4) is 0 Å². The number of amides is 1. The van der Waals surface area contributed by atoms with Crippen molar-refractivity contribution in [3.63, 3.8) is 0 Å². The van der Waals surface area contributed by atoms with Crippen LogP contribution in [0, 0.1) is 11.8 Å². The molecular formula is C24H30N2O3S. The van der Waals surface area contributed by atoms with Crippen LogP contribution in [0.2, 0.25) is 0 Å². The van der Waals surface area contributed by atoms with E-state index in [-0.39, 0.29) is 22.7 Å². The average Bonchev–Trinajstić information content (AvgIpc) is 3.21. The van der Waals surface area contributed by atoms with Gasteiger partial charge in [-0.1, -0.05) is 37.3 Å². The Balaban J connectivity index is 1.73. The van der Waals surface area contributed by atoms with Crippen molar-refractivity contribution >= 4 is 28.9 Å². The normalized spacial score (nSPS) is 22.6. The smallest absolute Gasteiger partial charge is 0.348 e. The average molecular weight is 427 g/mol. The molecule has 1 aliphatic heterocycles. The summed E-state index contributed by atoms with van der Waals surface area (Å²) in [6.07, 6.45) is 5.65. The van der Waals surface area contributed by atoms with E-state index in [1.165, 1.54) is 11.3 Å². The van der Waals surface area contributed by atoms with E-state index in [1.807, 2.05) is 41.3 Å². The van der Waals surface area contributed by atoms with E-state index in [1.54, 1.807) is 0 Å². The molecule has 2 aliphatic rings. The molecule has 1 amide bonds. The highest BCUT2D eigenvalue weighted by Crippen LogP contribution is 2.40. The molecule has 4 rings (SSSR count). The quantitative estimate of drug-likeness (QED) is 0.704. The Kier molecular flexibility index (Phi) is 6.54. The maximum atomic E-state index is 13.7. The molecule has 160 valence electrons. The topological polar surface area (TPSA) is 69.6 Å². The van der Waals surface area contributed by atoms with E-state index in [0.29, 0.717) is 11.6 Å². The minimum Gasteiger partial charge on any atom is -0.477 e. The third-order valence-corrected chi connectivity index (χ3v) is 7.66. The predicted octanol–water partition coefficient (Wildman–Crippen LogP) is 5.02. The first kappa shape index (κ1) is 21.1. The number of carboxylic acid groups (broad SMARTS) is 1. The van der Waals surface area contributed by atoms with Crippen molar-refractivity contribution in [2.24, 2.45) is 11.8 Å². The van der Waals surface area contributed by atoms with Gasteiger partial charge in [-0.15, -0.1) is 11.3 Å². The molecule has 2 N–H and O–H groups in total. The van der Waals surface area contributed by atoms with Gasteiger partial charge in [0.05, 0.1) is 5.69 Å². The molecule has 2 heterocycles. The molecule has 1 aromatic heterocycles. The molecule has 0 atom stereocenters. The Morgan fingerprint density at radius 3 is 2.33 bits per heavy atom. The van der Waals surface area contributed by atoms with Gasteiger partial charge in [-0.2, -0.15) is 0 Å². The molecule has 0 spiro atoms. The highest BCUT2D eigenvalue weighted by molar-refractivity contribution is 7.18. The van der Waals surface area contributed by atoms with Gasteiger partial charge in [0.25, 0.3) is 0 Å². The number of benzene rings is 1. The van der Waals surface area contributed by atoms with E-state index in [4.69, 9.17) is 0 Å². The number of hydrogen-bond donors (Lipinski definition) is 2. The van der Waals surface area contributed by atoms with E-state index >= 15 is 0 Å². The maximum Gasteiger partial charge on any atom is 0.348 e. The third-order valence-electron chi connectivity index (χ3n) is 6.50. The fourth-order valence-corrected chi connectivity index (χ4v) is 5.72. The number of carbonyl (C=O) groups is 2. The minimum absolute atomic E-state index is 0.00203. The number of hydrogen-bond acceptors (Lipinski definition) is 4. The summed E-state index contributed by atoms with van der Waals surface area (Å²) < 4.78 is 0. The van der Waals surface area contributed by atoms with Crippen molar-refractivity contribution in [2.75, 3.05) is 18.0 Å². The zero-order chi connectivity index (χ0) is 21.1. The number of anilines is 1. The third kappa shape index (κ3) is 4.44. The van der Waals surface area contributed by atoms with Gasteiger partial charge < -0.3 is 15.3 Å². The number of carbonyl (C=O) groups excluding carboxylic acids is 1. The summed E-state index contributed by atoms with van der Waals surface area (Å²) in [5, 5.41) is 13.3. The molecule has 5 nitrogen and oxygen atoms in total. The van der Waals surface area contributed by atoms with Crippen LogP contribution in [0.25, 0.3) is 10.4 Å². The molecular weight excluding hydrogens is 396 g/mol. The number of thiophene rings is 1. The molecule has 2 fully saturated rings. The van der Waals surface area contributed by atoms with Crippen LogP contribution < -0.4 is 10.2 Å². The van der Waals surface area contributed by atoms with Gasteiger partial charge in [0, 0.05) is 16.8 Å². The van der Waals surface area contributed by atoms with Gasteiger partial charge in [-0.25, -0.2) is 4.79 Å². The van der Waals surface area contributed by atoms with Crippen LogP contribution >= 0.6 is 11.3 Å². The Labute approximate surface area is 182 Å². The first-order valence-corrected chi connectivity index (χ1v) is 11.8. The fraction of sp³-hybridized carbons (Fsp3) is 0.500. The van der Waals surface area contributed by atoms with Gasteiger partial charge in [0.2, 0.25) is 5.91 Å². The van der Waals surface area contributed by atoms with Gasteiger partial charge in [-0.3, -0.25) is 4.79 Å². The number of nitrogens with one attached hydrogen (secondary N) is 1. The van der Waals surface area contributed by atoms with Gasteiger partial charge in [-0.05, 0) is 69.2 Å². The highest BCUT2D eigenvalue weighted by atomic mass is 32.1. The molecule has 30 heavy (non-hydrogen) atoms. The van der Waals surface area contributed by atoms with Crippen LogP contribution in [0.1, 0.15) is 55.1 Å². The zero-order valence-corrected chi connectivity index (χ0v) is 18.3. The van der Waals surface area contributed by atoms with Crippen LogP contribution in [-0.2, 0) is 4.79 Å². The van der Waals surface area contributed by atoms with Gasteiger partial charge >= 0.3 is 5.97 Å². The number of piperidine rings is 1. The largest absolute Gasteiger partial charge is 0.477 e. The Hall–Kier alpha value is -2.18. The summed E-state index contributed by atoms with van der Waals surface area (Å²) in [7, 11) is 0. The summed E-state index contributed by atoms with van der Waals surface area (Å²) in [5.74, 6) is -0.172. The molecule has 0 bridgehead atoms. The molecule has 1 saturated heterocycles. The lowest BCUT2D eigenvalue weighted by atomic mass is 9.82. The second kappa shape index (κ2) is 9.31. The van der Waals surface area contributed by atoms with Gasteiger partial charge in [0.1, 0.15) is 4.88 Å². The number of aromatic carboxylic acids is 1. The summed E-state index contributed by atoms with van der Waals surface area (Å²) in [6, 6.07) is 11.8. The summed E-state index contributed by atoms with van der Waals surface area (Å²) in [4.78, 5) is 28.9. The Morgan fingerprint density at radius 1 is 1.03 bits per heavy atom. The van der Waals surface area contributed by atoms with Gasteiger partial charge in [0.15, 0.2) is 0 Å².